The molecule has 6 nitrogen and oxygen atoms in total. The molecule has 2 heterocycles. The maximum Gasteiger partial charge on any atom is 0.290 e. The SMILES string of the molecule is CCOc1cc(C2c3c(oc4ccc(C)cc4c3=O)C(=O)N2C)ccc1O. The summed E-state index contributed by atoms with van der Waals surface area (Å²) < 4.78 is 11.3. The van der Waals surface area contributed by atoms with Gasteiger partial charge in [0.15, 0.2) is 16.9 Å². The molecule has 0 saturated carbocycles. The number of ether oxygens (including phenoxy) is 1. The smallest absolute Gasteiger partial charge is 0.290 e. The first-order valence-electron chi connectivity index (χ1n) is 8.72. The number of carbonyl (C=O) groups excluding carboxylic acids is 1. The van der Waals surface area contributed by atoms with Gasteiger partial charge in [-0.05, 0) is 43.7 Å². The van der Waals surface area contributed by atoms with E-state index in [1.165, 1.54) is 11.0 Å². The molecular weight excluding hydrogens is 346 g/mol. The van der Waals surface area contributed by atoms with Crippen LogP contribution in [-0.2, 0) is 0 Å². The Hall–Kier alpha value is -3.28. The van der Waals surface area contributed by atoms with Crippen LogP contribution in [-0.4, -0.2) is 29.6 Å². The Morgan fingerprint density at radius 3 is 2.70 bits per heavy atom. The van der Waals surface area contributed by atoms with Gasteiger partial charge in [-0.15, -0.1) is 0 Å². The van der Waals surface area contributed by atoms with Crippen LogP contribution in [0.1, 0.15) is 40.2 Å². The van der Waals surface area contributed by atoms with Gasteiger partial charge in [-0.1, -0.05) is 17.7 Å². The van der Waals surface area contributed by atoms with Crippen molar-refractivity contribution >= 4 is 16.9 Å². The van der Waals surface area contributed by atoms with Crippen LogP contribution in [0.2, 0.25) is 0 Å². The first kappa shape index (κ1) is 17.1. The minimum absolute atomic E-state index is 0.00831. The zero-order valence-corrected chi connectivity index (χ0v) is 15.3. The number of amides is 1. The van der Waals surface area contributed by atoms with Gasteiger partial charge in [-0.25, -0.2) is 0 Å². The van der Waals surface area contributed by atoms with Crippen molar-refractivity contribution in [2.45, 2.75) is 19.9 Å². The second-order valence-corrected chi connectivity index (χ2v) is 6.65. The molecule has 1 aliphatic rings. The standard InChI is InChI=1S/C21H19NO5/c1-4-26-16-10-12(6-7-14(16)23)18-17-19(24)13-9-11(2)5-8-15(13)27-20(17)21(25)22(18)3/h5-10,18,23H,4H2,1-3H3. The molecule has 6 heteroatoms. The number of fused-ring (bicyclic) bond motifs is 2. The number of aromatic hydroxyl groups is 1. The summed E-state index contributed by atoms with van der Waals surface area (Å²) in [7, 11) is 1.63. The molecule has 0 bridgehead atoms. The van der Waals surface area contributed by atoms with E-state index in [1.807, 2.05) is 19.9 Å². The highest BCUT2D eigenvalue weighted by molar-refractivity contribution is 5.98. The minimum Gasteiger partial charge on any atom is -0.504 e. The Morgan fingerprint density at radius 1 is 1.19 bits per heavy atom. The summed E-state index contributed by atoms with van der Waals surface area (Å²) in [6.07, 6.45) is 0. The topological polar surface area (TPSA) is 80.0 Å². The van der Waals surface area contributed by atoms with Gasteiger partial charge in [-0.2, -0.15) is 0 Å². The van der Waals surface area contributed by atoms with E-state index < -0.39 is 6.04 Å². The fourth-order valence-electron chi connectivity index (χ4n) is 3.56. The molecule has 0 saturated heterocycles. The molecule has 0 radical (unpaired) electrons. The Labute approximate surface area is 155 Å². The number of rotatable bonds is 3. The second kappa shape index (κ2) is 6.16. The number of hydrogen-bond acceptors (Lipinski definition) is 5. The maximum absolute atomic E-state index is 13.2. The molecule has 27 heavy (non-hydrogen) atoms. The number of phenols is 1. The van der Waals surface area contributed by atoms with E-state index in [2.05, 4.69) is 0 Å². The van der Waals surface area contributed by atoms with Crippen LogP contribution in [0.5, 0.6) is 11.5 Å². The van der Waals surface area contributed by atoms with Gasteiger partial charge in [0.1, 0.15) is 5.58 Å². The lowest BCUT2D eigenvalue weighted by Gasteiger charge is -2.21. The molecule has 0 aliphatic carbocycles. The molecule has 0 fully saturated rings. The average molecular weight is 365 g/mol. The van der Waals surface area contributed by atoms with Gasteiger partial charge in [0.25, 0.3) is 5.91 Å². The van der Waals surface area contributed by atoms with Crippen molar-refractivity contribution in [3.05, 3.63) is 69.1 Å². The highest BCUT2D eigenvalue weighted by Crippen LogP contribution is 2.39. The number of hydrogen-bond donors (Lipinski definition) is 1. The van der Waals surface area contributed by atoms with Gasteiger partial charge >= 0.3 is 0 Å². The van der Waals surface area contributed by atoms with Crippen molar-refractivity contribution in [3.8, 4) is 11.5 Å². The predicted molar refractivity (Wildman–Crippen MR) is 100 cm³/mol. The third-order valence-corrected chi connectivity index (χ3v) is 4.86. The summed E-state index contributed by atoms with van der Waals surface area (Å²) in [6.45, 7) is 4.10. The molecule has 4 rings (SSSR count). The number of phenolic OH excluding ortho intramolecular Hbond substituents is 1. The van der Waals surface area contributed by atoms with Crippen LogP contribution in [0, 0.1) is 6.92 Å². The van der Waals surface area contributed by atoms with Crippen LogP contribution in [0.4, 0.5) is 0 Å². The largest absolute Gasteiger partial charge is 0.504 e. The van der Waals surface area contributed by atoms with Crippen LogP contribution in [0.3, 0.4) is 0 Å². The highest BCUT2D eigenvalue weighted by Gasteiger charge is 2.40. The van der Waals surface area contributed by atoms with Crippen LogP contribution >= 0.6 is 0 Å². The third-order valence-electron chi connectivity index (χ3n) is 4.86. The van der Waals surface area contributed by atoms with Crippen molar-refractivity contribution in [2.75, 3.05) is 13.7 Å². The lowest BCUT2D eigenvalue weighted by atomic mass is 9.98. The van der Waals surface area contributed by atoms with E-state index in [-0.39, 0.29) is 22.8 Å². The summed E-state index contributed by atoms with van der Waals surface area (Å²) >= 11 is 0. The number of nitrogens with zero attached hydrogens (tertiary/aromatic N) is 1. The normalized spacial score (nSPS) is 16.0. The quantitative estimate of drug-likeness (QED) is 0.770. The summed E-state index contributed by atoms with van der Waals surface area (Å²) in [6, 6.07) is 9.55. The Balaban J connectivity index is 1.97. The first-order chi connectivity index (χ1) is 12.9. The molecule has 138 valence electrons. The van der Waals surface area contributed by atoms with Crippen molar-refractivity contribution in [2.24, 2.45) is 0 Å². The Kier molecular flexibility index (Phi) is 3.91. The summed E-state index contributed by atoms with van der Waals surface area (Å²) in [5.41, 5.74) is 2.10. The fraction of sp³-hybridized carbons (Fsp3) is 0.238. The Bertz CT molecular complexity index is 1130. The van der Waals surface area contributed by atoms with E-state index in [0.717, 1.165) is 5.56 Å². The molecule has 1 amide bonds. The molecule has 1 atom stereocenters. The van der Waals surface area contributed by atoms with Gasteiger partial charge in [-0.3, -0.25) is 9.59 Å². The number of benzene rings is 2. The van der Waals surface area contributed by atoms with Crippen molar-refractivity contribution in [1.82, 2.24) is 4.90 Å². The third kappa shape index (κ3) is 2.56. The predicted octanol–water partition coefficient (Wildman–Crippen LogP) is 3.38. The molecule has 1 N–H and O–H groups in total. The van der Waals surface area contributed by atoms with Gasteiger partial charge in [0.2, 0.25) is 5.76 Å². The molecule has 2 aromatic carbocycles. The Morgan fingerprint density at radius 2 is 1.96 bits per heavy atom. The van der Waals surface area contributed by atoms with Crippen molar-refractivity contribution < 1.29 is 19.1 Å². The number of carbonyl (C=O) groups is 1. The van der Waals surface area contributed by atoms with E-state index in [4.69, 9.17) is 9.15 Å². The molecule has 3 aromatic rings. The van der Waals surface area contributed by atoms with Crippen molar-refractivity contribution in [3.63, 3.8) is 0 Å². The average Bonchev–Trinajstić information content (AvgIpc) is 2.90. The van der Waals surface area contributed by atoms with Crippen LogP contribution in [0.25, 0.3) is 11.0 Å². The van der Waals surface area contributed by atoms with Gasteiger partial charge in [0.05, 0.1) is 23.6 Å². The van der Waals surface area contributed by atoms with Crippen LogP contribution in [0.15, 0.2) is 45.6 Å². The van der Waals surface area contributed by atoms with Gasteiger partial charge < -0.3 is 19.2 Å². The number of aryl methyl sites for hydroxylation is 1. The molecule has 0 spiro atoms. The molecule has 1 aromatic heterocycles. The van der Waals surface area contributed by atoms with Gasteiger partial charge in [0, 0.05) is 7.05 Å². The van der Waals surface area contributed by atoms with E-state index in [9.17, 15) is 14.7 Å². The maximum atomic E-state index is 13.2. The van der Waals surface area contributed by atoms with E-state index in [0.29, 0.717) is 34.5 Å². The lowest BCUT2D eigenvalue weighted by Crippen LogP contribution is -2.25. The minimum atomic E-state index is -0.603. The highest BCUT2D eigenvalue weighted by atomic mass is 16.5. The fourth-order valence-corrected chi connectivity index (χ4v) is 3.56. The molecular formula is C21H19NO5. The lowest BCUT2D eigenvalue weighted by molar-refractivity contribution is 0.0771. The van der Waals surface area contributed by atoms with Crippen molar-refractivity contribution in [1.29, 1.82) is 0 Å². The van der Waals surface area contributed by atoms with E-state index in [1.54, 1.807) is 31.3 Å². The first-order valence-corrected chi connectivity index (χ1v) is 8.72. The monoisotopic (exact) mass is 365 g/mol. The second-order valence-electron chi connectivity index (χ2n) is 6.65. The zero-order valence-electron chi connectivity index (χ0n) is 15.3. The summed E-state index contributed by atoms with van der Waals surface area (Å²) in [5, 5.41) is 10.4. The zero-order chi connectivity index (χ0) is 19.3. The van der Waals surface area contributed by atoms with E-state index >= 15 is 0 Å². The molecule has 1 unspecified atom stereocenters. The van der Waals surface area contributed by atoms with Crippen LogP contribution < -0.4 is 10.2 Å². The summed E-state index contributed by atoms with van der Waals surface area (Å²) in [4.78, 5) is 27.4. The summed E-state index contributed by atoms with van der Waals surface area (Å²) in [5.74, 6) is 0.0368. The molecule has 1 aliphatic heterocycles.